The number of hydrogen-bond acceptors (Lipinski definition) is 2. The van der Waals surface area contributed by atoms with Crippen LogP contribution in [0.3, 0.4) is 0 Å². The predicted octanol–water partition coefficient (Wildman–Crippen LogP) is 5.68. The second-order valence-corrected chi connectivity index (χ2v) is 8.46. The number of aromatic nitrogens is 2. The maximum atomic E-state index is 14.0. The van der Waals surface area contributed by atoms with E-state index in [-0.39, 0.29) is 25.4 Å². The van der Waals surface area contributed by atoms with Gasteiger partial charge in [-0.1, -0.05) is 0 Å². The van der Waals surface area contributed by atoms with E-state index in [1.807, 2.05) is 30.3 Å². The molecule has 2 heterocycles. The third kappa shape index (κ3) is 2.64. The van der Waals surface area contributed by atoms with Crippen LogP contribution in [0.15, 0.2) is 67.0 Å². The van der Waals surface area contributed by atoms with Crippen LogP contribution >= 0.6 is 0 Å². The molecule has 0 unspecified atom stereocenters. The van der Waals surface area contributed by atoms with Gasteiger partial charge in [0.05, 0.1) is 0 Å². The van der Waals surface area contributed by atoms with Gasteiger partial charge in [0, 0.05) is 0 Å². The Kier molecular flexibility index (Phi) is 3.36. The van der Waals surface area contributed by atoms with E-state index < -0.39 is 18.0 Å². The van der Waals surface area contributed by atoms with Crippen LogP contribution in [0, 0.1) is 0 Å². The normalized spacial score (nSPS) is 12.8. The predicted molar refractivity (Wildman–Crippen MR) is 102 cm³/mol. The average molecular weight is 428 g/mol. The first-order chi connectivity index (χ1) is 13.4. The zero-order chi connectivity index (χ0) is 19.5. The van der Waals surface area contributed by atoms with Gasteiger partial charge in [-0.05, 0) is 0 Å². The first-order valence-corrected chi connectivity index (χ1v) is 9.89. The van der Waals surface area contributed by atoms with Gasteiger partial charge in [-0.25, -0.2) is 0 Å². The van der Waals surface area contributed by atoms with E-state index in [1.54, 1.807) is 24.3 Å². The number of fused-ring (bicyclic) bond motifs is 3. The molecule has 0 saturated heterocycles. The van der Waals surface area contributed by atoms with E-state index in [2.05, 4.69) is 9.97 Å². The van der Waals surface area contributed by atoms with E-state index in [9.17, 15) is 13.2 Å². The summed E-state index contributed by atoms with van der Waals surface area (Å²) in [6.07, 6.45) is -4.99. The van der Waals surface area contributed by atoms with E-state index in [0.29, 0.717) is 16.5 Å². The van der Waals surface area contributed by atoms with Crippen LogP contribution in [-0.4, -0.2) is 24.5 Å². The number of rotatable bonds is 1. The molecule has 3 aromatic carbocycles. The standard InChI is InChI=1S/C21H11F3N2Se/c22-21(23,24)18-14-7-3-1-5-12(14)9-15-19(25-11-26-20(15)18)17-10-13-6-2-4-8-16(13)27-17/h1-11H/i11D. The van der Waals surface area contributed by atoms with Crippen LogP contribution in [0.2, 0.25) is 0 Å². The number of hydrogen-bond donors (Lipinski definition) is 0. The zero-order valence-electron chi connectivity index (χ0n) is 14.7. The monoisotopic (exact) mass is 429 g/mol. The third-order valence-electron chi connectivity index (χ3n) is 4.54. The molecular weight excluding hydrogens is 416 g/mol. The molecule has 0 fully saturated rings. The Morgan fingerprint density at radius 3 is 2.37 bits per heavy atom. The Morgan fingerprint density at radius 2 is 1.59 bits per heavy atom. The summed E-state index contributed by atoms with van der Waals surface area (Å²) < 4.78 is 51.9. The molecule has 0 spiro atoms. The number of nitrogens with zero attached hydrogens (tertiary/aromatic N) is 2. The van der Waals surface area contributed by atoms with Crippen LogP contribution in [-0.2, 0) is 6.18 Å². The van der Waals surface area contributed by atoms with Gasteiger partial charge in [-0.15, -0.1) is 0 Å². The zero-order valence-corrected chi connectivity index (χ0v) is 15.4. The summed E-state index contributed by atoms with van der Waals surface area (Å²) in [6.45, 7) is 0. The van der Waals surface area contributed by atoms with E-state index >= 15 is 0 Å². The van der Waals surface area contributed by atoms with Crippen molar-refractivity contribution in [1.82, 2.24) is 9.97 Å². The van der Waals surface area contributed by atoms with Crippen LogP contribution in [0.25, 0.3) is 41.5 Å². The minimum atomic E-state index is -4.59. The molecule has 132 valence electrons. The van der Waals surface area contributed by atoms with Crippen molar-refractivity contribution in [3.63, 3.8) is 0 Å². The SMILES string of the molecule is [2H]c1nc(-c2cc3ccccc3[se]2)c2cc3ccccc3c(C(F)(F)F)c2n1. The molecule has 0 atom stereocenters. The van der Waals surface area contributed by atoms with Crippen molar-refractivity contribution >= 4 is 45.8 Å². The van der Waals surface area contributed by atoms with Crippen molar-refractivity contribution in [3.8, 4) is 10.1 Å². The van der Waals surface area contributed by atoms with E-state index in [1.165, 1.54) is 6.07 Å². The second kappa shape index (κ2) is 5.91. The van der Waals surface area contributed by atoms with Gasteiger partial charge >= 0.3 is 159 Å². The number of alkyl halides is 3. The summed E-state index contributed by atoms with van der Waals surface area (Å²) in [5.74, 6) is 0. The quantitative estimate of drug-likeness (QED) is 0.254. The molecule has 5 rings (SSSR count). The minimum absolute atomic E-state index is 0.0840. The van der Waals surface area contributed by atoms with Crippen LogP contribution in [0.5, 0.6) is 0 Å². The van der Waals surface area contributed by atoms with Crippen LogP contribution < -0.4 is 0 Å². The van der Waals surface area contributed by atoms with Crippen molar-refractivity contribution in [2.24, 2.45) is 0 Å². The van der Waals surface area contributed by atoms with Gasteiger partial charge in [0.15, 0.2) is 0 Å². The van der Waals surface area contributed by atoms with Gasteiger partial charge in [-0.3, -0.25) is 0 Å². The fourth-order valence-corrected chi connectivity index (χ4v) is 5.63. The van der Waals surface area contributed by atoms with E-state index in [0.717, 1.165) is 14.1 Å². The Hall–Kier alpha value is -2.69. The van der Waals surface area contributed by atoms with Gasteiger partial charge in [0.2, 0.25) is 0 Å². The molecule has 0 radical (unpaired) electrons. The number of halogens is 3. The first kappa shape index (κ1) is 15.4. The summed E-state index contributed by atoms with van der Waals surface area (Å²) in [6, 6.07) is 17.9. The molecule has 0 saturated carbocycles. The molecule has 0 bridgehead atoms. The first-order valence-electron chi connectivity index (χ1n) is 8.68. The van der Waals surface area contributed by atoms with Crippen molar-refractivity contribution < 1.29 is 14.5 Å². The average Bonchev–Trinajstić information content (AvgIpc) is 3.08. The molecule has 0 aliphatic heterocycles. The molecular formula is C21H11F3N2Se. The van der Waals surface area contributed by atoms with Gasteiger partial charge < -0.3 is 0 Å². The summed E-state index contributed by atoms with van der Waals surface area (Å²) in [7, 11) is 0. The Morgan fingerprint density at radius 1 is 0.852 bits per heavy atom. The molecule has 5 aromatic rings. The van der Waals surface area contributed by atoms with Crippen molar-refractivity contribution in [2.45, 2.75) is 6.18 Å². The van der Waals surface area contributed by atoms with Crippen molar-refractivity contribution in [2.75, 3.05) is 0 Å². The van der Waals surface area contributed by atoms with Crippen molar-refractivity contribution in [3.05, 3.63) is 72.5 Å². The van der Waals surface area contributed by atoms with Gasteiger partial charge in [0.1, 0.15) is 0 Å². The van der Waals surface area contributed by atoms with E-state index in [4.69, 9.17) is 1.37 Å². The van der Waals surface area contributed by atoms with Crippen molar-refractivity contribution in [1.29, 1.82) is 0 Å². The molecule has 6 heteroatoms. The summed E-state index contributed by atoms with van der Waals surface area (Å²) in [5, 5.41) is 1.95. The Bertz CT molecular complexity index is 1340. The number of benzene rings is 3. The molecule has 0 aliphatic carbocycles. The second-order valence-electron chi connectivity index (χ2n) is 6.19. The topological polar surface area (TPSA) is 25.8 Å². The Balaban J connectivity index is 1.94. The molecule has 2 nitrogen and oxygen atoms in total. The molecule has 27 heavy (non-hydrogen) atoms. The fraction of sp³-hybridized carbons (Fsp3) is 0.0476. The van der Waals surface area contributed by atoms with Gasteiger partial charge in [-0.2, -0.15) is 0 Å². The molecule has 0 N–H and O–H groups in total. The van der Waals surface area contributed by atoms with Crippen LogP contribution in [0.1, 0.15) is 6.93 Å². The summed E-state index contributed by atoms with van der Waals surface area (Å²) in [5.41, 5.74) is -0.599. The summed E-state index contributed by atoms with van der Waals surface area (Å²) >= 11 is -0.0889. The molecule has 0 amide bonds. The fourth-order valence-electron chi connectivity index (χ4n) is 3.39. The van der Waals surface area contributed by atoms with Gasteiger partial charge in [0.25, 0.3) is 0 Å². The molecule has 2 aromatic heterocycles. The Labute approximate surface area is 159 Å². The molecule has 0 aliphatic rings. The maximum absolute atomic E-state index is 14.0. The van der Waals surface area contributed by atoms with Crippen LogP contribution in [0.4, 0.5) is 13.2 Å². The summed E-state index contributed by atoms with van der Waals surface area (Å²) in [4.78, 5) is 8.12. The third-order valence-corrected chi connectivity index (χ3v) is 6.90.